The molecule has 2 heterocycles. The molecule has 2 aromatic rings. The van der Waals surface area contributed by atoms with Crippen LogP contribution in [-0.2, 0) is 6.18 Å². The van der Waals surface area contributed by atoms with Crippen LogP contribution in [0.4, 0.5) is 18.9 Å². The number of aliphatic hydroxyl groups is 1. The second kappa shape index (κ2) is 6.19. The van der Waals surface area contributed by atoms with E-state index in [-0.39, 0.29) is 35.8 Å². The molecule has 8 heteroatoms. The number of halogens is 3. The summed E-state index contributed by atoms with van der Waals surface area (Å²) in [5.74, 6) is 0.0834. The molecule has 26 heavy (non-hydrogen) atoms. The monoisotopic (exact) mass is 370 g/mol. The van der Waals surface area contributed by atoms with Crippen molar-refractivity contribution < 1.29 is 23.0 Å². The zero-order valence-electron chi connectivity index (χ0n) is 14.8. The molecular formula is C18H21F3N2O3. The standard InChI is InChI=1S/C18H21F3N2O3/c1-4-10-8-26-16-13(23(10)9-17(2,3)25)6-5-12-15(16)11(18(19,20)21)7-14(24)22-12/h5-7,10,25H,4,8-9H2,1-3H3,(H,22,24)/t10-/m1/s1. The van der Waals surface area contributed by atoms with Crippen molar-refractivity contribution in [3.8, 4) is 5.75 Å². The molecule has 5 nitrogen and oxygen atoms in total. The van der Waals surface area contributed by atoms with E-state index in [0.29, 0.717) is 18.2 Å². The van der Waals surface area contributed by atoms with Crippen LogP contribution < -0.4 is 15.2 Å². The second-order valence-electron chi connectivity index (χ2n) is 7.19. The first kappa shape index (κ1) is 18.6. The molecule has 1 atom stereocenters. The van der Waals surface area contributed by atoms with Gasteiger partial charge in [-0.1, -0.05) is 6.92 Å². The van der Waals surface area contributed by atoms with E-state index in [9.17, 15) is 23.1 Å². The Labute approximate surface area is 148 Å². The summed E-state index contributed by atoms with van der Waals surface area (Å²) in [5, 5.41) is 10.1. The molecular weight excluding hydrogens is 349 g/mol. The van der Waals surface area contributed by atoms with Crippen LogP contribution in [0.1, 0.15) is 32.8 Å². The van der Waals surface area contributed by atoms with E-state index >= 15 is 0 Å². The topological polar surface area (TPSA) is 65.6 Å². The fourth-order valence-corrected chi connectivity index (χ4v) is 3.35. The average Bonchev–Trinajstić information content (AvgIpc) is 2.51. The Morgan fingerprint density at radius 2 is 2.04 bits per heavy atom. The first-order valence-corrected chi connectivity index (χ1v) is 8.40. The van der Waals surface area contributed by atoms with Gasteiger partial charge in [0.15, 0.2) is 5.75 Å². The van der Waals surface area contributed by atoms with E-state index in [1.54, 1.807) is 19.9 Å². The van der Waals surface area contributed by atoms with E-state index in [0.717, 1.165) is 0 Å². The van der Waals surface area contributed by atoms with Crippen LogP contribution in [0.15, 0.2) is 23.0 Å². The smallest absolute Gasteiger partial charge is 0.417 e. The Hall–Kier alpha value is -2.22. The van der Waals surface area contributed by atoms with Crippen LogP contribution in [0.25, 0.3) is 10.9 Å². The molecule has 0 unspecified atom stereocenters. The molecule has 1 aliphatic rings. The van der Waals surface area contributed by atoms with Crippen LogP contribution in [0.2, 0.25) is 0 Å². The third-order valence-corrected chi connectivity index (χ3v) is 4.44. The van der Waals surface area contributed by atoms with E-state index in [1.165, 1.54) is 6.07 Å². The lowest BCUT2D eigenvalue weighted by molar-refractivity contribution is -0.136. The lowest BCUT2D eigenvalue weighted by Crippen LogP contribution is -2.49. The molecule has 0 radical (unpaired) electrons. The van der Waals surface area contributed by atoms with Gasteiger partial charge in [0.1, 0.15) is 6.61 Å². The summed E-state index contributed by atoms with van der Waals surface area (Å²) in [6, 6.07) is 3.56. The summed E-state index contributed by atoms with van der Waals surface area (Å²) >= 11 is 0. The molecule has 0 aliphatic carbocycles. The number of H-pyrrole nitrogens is 1. The van der Waals surface area contributed by atoms with Gasteiger partial charge >= 0.3 is 6.18 Å². The Morgan fingerprint density at radius 3 is 2.62 bits per heavy atom. The maximum atomic E-state index is 13.5. The number of nitrogens with zero attached hydrogens (tertiary/aromatic N) is 1. The quantitative estimate of drug-likeness (QED) is 0.870. The number of anilines is 1. The minimum Gasteiger partial charge on any atom is -0.489 e. The van der Waals surface area contributed by atoms with Gasteiger partial charge in [-0.3, -0.25) is 4.79 Å². The predicted molar refractivity (Wildman–Crippen MR) is 92.8 cm³/mol. The van der Waals surface area contributed by atoms with Crippen LogP contribution in [0.5, 0.6) is 5.75 Å². The highest BCUT2D eigenvalue weighted by Crippen LogP contribution is 2.45. The van der Waals surface area contributed by atoms with Crippen molar-refractivity contribution in [1.82, 2.24) is 4.98 Å². The molecule has 0 fully saturated rings. The van der Waals surface area contributed by atoms with Crippen molar-refractivity contribution in [2.75, 3.05) is 18.1 Å². The Kier molecular flexibility index (Phi) is 4.42. The second-order valence-corrected chi connectivity index (χ2v) is 7.19. The zero-order valence-corrected chi connectivity index (χ0v) is 14.8. The molecule has 0 saturated heterocycles. The summed E-state index contributed by atoms with van der Waals surface area (Å²) < 4.78 is 46.3. The van der Waals surface area contributed by atoms with Crippen molar-refractivity contribution >= 4 is 16.6 Å². The number of β-amino-alcohol motifs (C(OH)–C–C–N with tert-alkyl or cyclic N) is 1. The SMILES string of the molecule is CC[C@@H]1COc2c(ccc3[nH]c(=O)cc(C(F)(F)F)c23)N1CC(C)(C)O. The number of hydrogen-bond donors (Lipinski definition) is 2. The largest absolute Gasteiger partial charge is 0.489 e. The molecule has 3 rings (SSSR count). The summed E-state index contributed by atoms with van der Waals surface area (Å²) in [4.78, 5) is 15.9. The van der Waals surface area contributed by atoms with E-state index in [4.69, 9.17) is 4.74 Å². The highest BCUT2D eigenvalue weighted by atomic mass is 19.4. The number of fused-ring (bicyclic) bond motifs is 3. The van der Waals surface area contributed by atoms with Crippen LogP contribution >= 0.6 is 0 Å². The molecule has 142 valence electrons. The Bertz CT molecular complexity index is 884. The van der Waals surface area contributed by atoms with Gasteiger partial charge in [-0.15, -0.1) is 0 Å². The maximum absolute atomic E-state index is 13.5. The van der Waals surface area contributed by atoms with Crippen molar-refractivity contribution in [2.45, 2.75) is 45.0 Å². The molecule has 1 aliphatic heterocycles. The van der Waals surface area contributed by atoms with E-state index in [1.807, 2.05) is 11.8 Å². The minimum absolute atomic E-state index is 0.0662. The van der Waals surface area contributed by atoms with Crippen LogP contribution in [-0.4, -0.2) is 34.9 Å². The number of ether oxygens (including phenoxy) is 1. The number of alkyl halides is 3. The maximum Gasteiger partial charge on any atom is 0.417 e. The van der Waals surface area contributed by atoms with Crippen molar-refractivity contribution in [2.24, 2.45) is 0 Å². The van der Waals surface area contributed by atoms with Crippen molar-refractivity contribution in [3.05, 3.63) is 34.1 Å². The molecule has 0 spiro atoms. The highest BCUT2D eigenvalue weighted by Gasteiger charge is 2.38. The van der Waals surface area contributed by atoms with Crippen molar-refractivity contribution in [3.63, 3.8) is 0 Å². The predicted octanol–water partition coefficient (Wildman–Crippen LogP) is 3.30. The van der Waals surface area contributed by atoms with Gasteiger partial charge < -0.3 is 19.7 Å². The summed E-state index contributed by atoms with van der Waals surface area (Å²) in [6.45, 7) is 5.70. The third kappa shape index (κ3) is 3.38. The van der Waals surface area contributed by atoms with Gasteiger partial charge in [0.05, 0.1) is 33.8 Å². The molecule has 1 aromatic carbocycles. The first-order valence-electron chi connectivity index (χ1n) is 8.40. The fraction of sp³-hybridized carbons (Fsp3) is 0.500. The summed E-state index contributed by atoms with van der Waals surface area (Å²) in [7, 11) is 0. The highest BCUT2D eigenvalue weighted by molar-refractivity contribution is 5.94. The van der Waals surface area contributed by atoms with Gasteiger partial charge in [0.25, 0.3) is 0 Å². The van der Waals surface area contributed by atoms with Gasteiger partial charge in [-0.25, -0.2) is 0 Å². The lowest BCUT2D eigenvalue weighted by atomic mass is 10.0. The zero-order chi connectivity index (χ0) is 19.3. The van der Waals surface area contributed by atoms with Gasteiger partial charge in [0, 0.05) is 12.6 Å². The van der Waals surface area contributed by atoms with Gasteiger partial charge in [0.2, 0.25) is 5.56 Å². The molecule has 0 saturated carbocycles. The number of aromatic nitrogens is 1. The number of hydrogen-bond acceptors (Lipinski definition) is 4. The number of aromatic amines is 1. The van der Waals surface area contributed by atoms with Gasteiger partial charge in [-0.2, -0.15) is 13.2 Å². The fourth-order valence-electron chi connectivity index (χ4n) is 3.35. The van der Waals surface area contributed by atoms with Crippen molar-refractivity contribution in [1.29, 1.82) is 0 Å². The normalized spacial score (nSPS) is 18.0. The number of nitrogens with one attached hydrogen (secondary N) is 1. The van der Waals surface area contributed by atoms with E-state index in [2.05, 4.69) is 4.98 Å². The Balaban J connectivity index is 2.28. The average molecular weight is 370 g/mol. The first-order chi connectivity index (χ1) is 12.0. The summed E-state index contributed by atoms with van der Waals surface area (Å²) in [6.07, 6.45) is -3.97. The number of benzene rings is 1. The lowest BCUT2D eigenvalue weighted by Gasteiger charge is -2.41. The molecule has 2 N–H and O–H groups in total. The Morgan fingerprint density at radius 1 is 1.35 bits per heavy atom. The summed E-state index contributed by atoms with van der Waals surface area (Å²) in [5.41, 5.74) is -2.32. The number of pyridine rings is 1. The molecule has 0 amide bonds. The number of rotatable bonds is 3. The van der Waals surface area contributed by atoms with Gasteiger partial charge in [-0.05, 0) is 32.4 Å². The minimum atomic E-state index is -4.69. The van der Waals surface area contributed by atoms with Crippen LogP contribution in [0, 0.1) is 0 Å². The van der Waals surface area contributed by atoms with E-state index < -0.39 is 22.9 Å². The molecule has 0 bridgehead atoms. The molecule has 1 aromatic heterocycles. The third-order valence-electron chi connectivity index (χ3n) is 4.44. The van der Waals surface area contributed by atoms with Crippen LogP contribution in [0.3, 0.4) is 0 Å².